The van der Waals surface area contributed by atoms with Gasteiger partial charge in [-0.1, -0.05) is 6.92 Å². The molecule has 0 rings (SSSR count). The van der Waals surface area contributed by atoms with Crippen molar-refractivity contribution in [1.82, 2.24) is 0 Å². The summed E-state index contributed by atoms with van der Waals surface area (Å²) in [5.74, 6) is -11.4. The number of rotatable bonds is 4. The van der Waals surface area contributed by atoms with Crippen LogP contribution in [0.3, 0.4) is 0 Å². The van der Waals surface area contributed by atoms with Crippen molar-refractivity contribution < 1.29 is 37.3 Å². The van der Waals surface area contributed by atoms with Crippen molar-refractivity contribution in [3.05, 3.63) is 0 Å². The van der Waals surface area contributed by atoms with E-state index in [-0.39, 0.29) is 0 Å². The summed E-state index contributed by atoms with van der Waals surface area (Å²) in [5, 5.41) is 0. The largest absolute Gasteiger partial charge is 0.418 e. The standard InChI is InChI=1S/C6H6F4O4/c1-2-3(4(11)13-9)6(7,8)5(12)14-10/h3H,2H2,1H3. The van der Waals surface area contributed by atoms with Crippen molar-refractivity contribution in [1.29, 1.82) is 0 Å². The molecule has 0 aromatic carbocycles. The predicted octanol–water partition coefficient (Wildman–Crippen LogP) is 1.50. The fraction of sp³-hybridized carbons (Fsp3) is 0.667. The predicted molar refractivity (Wildman–Crippen MR) is 33.1 cm³/mol. The molecule has 82 valence electrons. The van der Waals surface area contributed by atoms with Crippen LogP contribution < -0.4 is 0 Å². The molecular weight excluding hydrogens is 212 g/mol. The van der Waals surface area contributed by atoms with Crippen LogP contribution in [0.1, 0.15) is 13.3 Å². The maximum atomic E-state index is 12.7. The molecule has 0 radical (unpaired) electrons. The van der Waals surface area contributed by atoms with Gasteiger partial charge in [-0.3, -0.25) is 4.94 Å². The van der Waals surface area contributed by atoms with Crippen LogP contribution in [-0.2, 0) is 19.5 Å². The number of hydrogen-bond donors (Lipinski definition) is 0. The van der Waals surface area contributed by atoms with E-state index in [4.69, 9.17) is 0 Å². The van der Waals surface area contributed by atoms with Crippen molar-refractivity contribution in [2.24, 2.45) is 5.92 Å². The molecule has 1 atom stereocenters. The average Bonchev–Trinajstić information content (AvgIpc) is 2.16. The smallest absolute Gasteiger partial charge is 0.254 e. The Hall–Kier alpha value is -1.34. The highest BCUT2D eigenvalue weighted by Crippen LogP contribution is 2.30. The van der Waals surface area contributed by atoms with Gasteiger partial charge in [0, 0.05) is 9.05 Å². The van der Waals surface area contributed by atoms with E-state index in [9.17, 15) is 27.4 Å². The van der Waals surface area contributed by atoms with Gasteiger partial charge in [0.05, 0.1) is 0 Å². The van der Waals surface area contributed by atoms with Crippen LogP contribution in [0, 0.1) is 5.92 Å². The second-order valence-corrected chi connectivity index (χ2v) is 2.34. The third-order valence-corrected chi connectivity index (χ3v) is 1.55. The Morgan fingerprint density at radius 2 is 1.79 bits per heavy atom. The van der Waals surface area contributed by atoms with E-state index in [1.165, 1.54) is 0 Å². The lowest BCUT2D eigenvalue weighted by molar-refractivity contribution is -0.229. The van der Waals surface area contributed by atoms with Crippen molar-refractivity contribution in [3.63, 3.8) is 0 Å². The zero-order chi connectivity index (χ0) is 11.4. The van der Waals surface area contributed by atoms with Gasteiger partial charge in [-0.15, -0.1) is 0 Å². The lowest BCUT2D eigenvalue weighted by Gasteiger charge is -2.17. The van der Waals surface area contributed by atoms with E-state index in [1.54, 1.807) is 0 Å². The molecule has 0 N–H and O–H groups in total. The molecule has 0 heterocycles. The minimum absolute atomic E-state index is 0.606. The van der Waals surface area contributed by atoms with Crippen LogP contribution in [0.5, 0.6) is 0 Å². The summed E-state index contributed by atoms with van der Waals surface area (Å²) in [7, 11) is 0. The van der Waals surface area contributed by atoms with Gasteiger partial charge >= 0.3 is 17.9 Å². The fourth-order valence-corrected chi connectivity index (χ4v) is 0.819. The van der Waals surface area contributed by atoms with Crippen LogP contribution in [0.2, 0.25) is 0 Å². The van der Waals surface area contributed by atoms with Crippen molar-refractivity contribution >= 4 is 11.9 Å². The molecule has 0 fully saturated rings. The number of carbonyl (C=O) groups is 2. The summed E-state index contributed by atoms with van der Waals surface area (Å²) >= 11 is 0. The topological polar surface area (TPSA) is 52.6 Å². The number of carbonyl (C=O) groups excluding carboxylic acids is 2. The molecule has 0 saturated heterocycles. The molecule has 0 amide bonds. The van der Waals surface area contributed by atoms with Crippen LogP contribution in [0.15, 0.2) is 0 Å². The summed E-state index contributed by atoms with van der Waals surface area (Å²) < 4.78 is 47.9. The van der Waals surface area contributed by atoms with Crippen molar-refractivity contribution in [2.45, 2.75) is 19.3 Å². The van der Waals surface area contributed by atoms with Gasteiger partial charge in [-0.2, -0.15) is 8.78 Å². The molecular formula is C6H6F4O4. The first-order chi connectivity index (χ1) is 6.41. The van der Waals surface area contributed by atoms with Gasteiger partial charge in [-0.25, -0.2) is 14.5 Å². The molecule has 0 spiro atoms. The highest BCUT2D eigenvalue weighted by Gasteiger charge is 2.53. The van der Waals surface area contributed by atoms with Gasteiger partial charge in [0.15, 0.2) is 0 Å². The van der Waals surface area contributed by atoms with E-state index in [1.807, 2.05) is 0 Å². The van der Waals surface area contributed by atoms with E-state index in [0.29, 0.717) is 0 Å². The minimum atomic E-state index is -4.45. The molecule has 0 bridgehead atoms. The zero-order valence-corrected chi connectivity index (χ0v) is 6.93. The number of halogens is 4. The monoisotopic (exact) mass is 218 g/mol. The van der Waals surface area contributed by atoms with Gasteiger partial charge < -0.3 is 0 Å². The molecule has 0 aliphatic heterocycles. The Morgan fingerprint density at radius 1 is 1.29 bits per heavy atom. The summed E-state index contributed by atoms with van der Waals surface area (Å²) in [6.45, 7) is 1.07. The van der Waals surface area contributed by atoms with Gasteiger partial charge in [0.1, 0.15) is 5.92 Å². The second-order valence-electron chi connectivity index (χ2n) is 2.34. The fourth-order valence-electron chi connectivity index (χ4n) is 0.819. The van der Waals surface area contributed by atoms with Gasteiger partial charge in [-0.05, 0) is 6.42 Å². The molecule has 0 aliphatic rings. The van der Waals surface area contributed by atoms with E-state index in [2.05, 4.69) is 9.88 Å². The third kappa shape index (κ3) is 2.33. The Kier molecular flexibility index (Phi) is 4.32. The first-order valence-corrected chi connectivity index (χ1v) is 3.45. The van der Waals surface area contributed by atoms with Gasteiger partial charge in [0.25, 0.3) is 0 Å². The Morgan fingerprint density at radius 3 is 2.07 bits per heavy atom. The van der Waals surface area contributed by atoms with E-state index < -0.39 is 30.2 Å². The van der Waals surface area contributed by atoms with Crippen LogP contribution in [0.4, 0.5) is 17.8 Å². The number of alkyl halides is 2. The van der Waals surface area contributed by atoms with E-state index in [0.717, 1.165) is 6.92 Å². The maximum absolute atomic E-state index is 12.7. The summed E-state index contributed by atoms with van der Waals surface area (Å²) in [5.41, 5.74) is 0. The summed E-state index contributed by atoms with van der Waals surface area (Å²) in [6.07, 6.45) is -0.606. The summed E-state index contributed by atoms with van der Waals surface area (Å²) in [6, 6.07) is 0. The zero-order valence-electron chi connectivity index (χ0n) is 6.93. The van der Waals surface area contributed by atoms with Gasteiger partial charge in [0.2, 0.25) is 0 Å². The highest BCUT2D eigenvalue weighted by molar-refractivity contribution is 5.85. The minimum Gasteiger partial charge on any atom is -0.254 e. The maximum Gasteiger partial charge on any atom is 0.418 e. The Balaban J connectivity index is 4.82. The molecule has 0 aliphatic carbocycles. The van der Waals surface area contributed by atoms with Crippen LogP contribution in [0.25, 0.3) is 0 Å². The molecule has 14 heavy (non-hydrogen) atoms. The van der Waals surface area contributed by atoms with Crippen molar-refractivity contribution in [3.8, 4) is 0 Å². The summed E-state index contributed by atoms with van der Waals surface area (Å²) in [4.78, 5) is 25.4. The molecule has 4 nitrogen and oxygen atoms in total. The van der Waals surface area contributed by atoms with Crippen LogP contribution >= 0.6 is 0 Å². The lowest BCUT2D eigenvalue weighted by Crippen LogP contribution is -2.42. The molecule has 0 aromatic rings. The molecule has 0 saturated carbocycles. The third-order valence-electron chi connectivity index (χ3n) is 1.55. The molecule has 8 heteroatoms. The normalized spacial score (nSPS) is 13.2. The SMILES string of the molecule is CCC(C(=O)OF)C(F)(F)C(=O)OF. The first-order valence-electron chi connectivity index (χ1n) is 3.45. The average molecular weight is 218 g/mol. The Bertz CT molecular complexity index is 230. The highest BCUT2D eigenvalue weighted by atomic mass is 19.3. The second kappa shape index (κ2) is 4.77. The van der Waals surface area contributed by atoms with Crippen LogP contribution in [-0.4, -0.2) is 17.9 Å². The van der Waals surface area contributed by atoms with Crippen molar-refractivity contribution in [2.75, 3.05) is 0 Å². The Labute approximate surface area is 75.6 Å². The lowest BCUT2D eigenvalue weighted by atomic mass is 9.99. The molecule has 1 unspecified atom stereocenters. The molecule has 0 aromatic heterocycles. The first kappa shape index (κ1) is 12.7. The van der Waals surface area contributed by atoms with E-state index >= 15 is 0 Å². The quantitative estimate of drug-likeness (QED) is 0.671. The number of hydrogen-bond acceptors (Lipinski definition) is 4.